The normalized spacial score (nSPS) is 18.9. The SMILES string of the molecule is Cc1nnc(N2CCC(CO)CC2)s1. The molecule has 0 bridgehead atoms. The van der Waals surface area contributed by atoms with Gasteiger partial charge in [-0.2, -0.15) is 0 Å². The van der Waals surface area contributed by atoms with E-state index < -0.39 is 0 Å². The molecule has 4 nitrogen and oxygen atoms in total. The van der Waals surface area contributed by atoms with E-state index in [1.807, 2.05) is 6.92 Å². The lowest BCUT2D eigenvalue weighted by molar-refractivity contribution is 0.203. The first-order chi connectivity index (χ1) is 6.79. The van der Waals surface area contributed by atoms with Gasteiger partial charge in [-0.15, -0.1) is 10.2 Å². The third-order valence-electron chi connectivity index (χ3n) is 2.66. The van der Waals surface area contributed by atoms with E-state index in [1.165, 1.54) is 0 Å². The lowest BCUT2D eigenvalue weighted by Crippen LogP contribution is -2.34. The minimum atomic E-state index is 0.322. The highest BCUT2D eigenvalue weighted by atomic mass is 32.1. The van der Waals surface area contributed by atoms with Crippen molar-refractivity contribution >= 4 is 16.5 Å². The van der Waals surface area contributed by atoms with Gasteiger partial charge >= 0.3 is 0 Å². The molecule has 2 rings (SSSR count). The van der Waals surface area contributed by atoms with Gasteiger partial charge in [-0.25, -0.2) is 0 Å². The van der Waals surface area contributed by atoms with Gasteiger partial charge in [0.1, 0.15) is 5.01 Å². The molecule has 0 unspecified atom stereocenters. The average molecular weight is 213 g/mol. The minimum Gasteiger partial charge on any atom is -0.396 e. The fraction of sp³-hybridized carbons (Fsp3) is 0.778. The minimum absolute atomic E-state index is 0.322. The molecule has 0 atom stereocenters. The van der Waals surface area contributed by atoms with Crippen LogP contribution < -0.4 is 4.90 Å². The van der Waals surface area contributed by atoms with Crippen LogP contribution in [0.15, 0.2) is 0 Å². The van der Waals surface area contributed by atoms with Crippen LogP contribution in [0.1, 0.15) is 17.8 Å². The van der Waals surface area contributed by atoms with Gasteiger partial charge < -0.3 is 10.0 Å². The summed E-state index contributed by atoms with van der Waals surface area (Å²) in [6, 6.07) is 0. The van der Waals surface area contributed by atoms with Crippen LogP contribution in [-0.4, -0.2) is 35.0 Å². The molecule has 1 N–H and O–H groups in total. The molecule has 0 radical (unpaired) electrons. The molecule has 14 heavy (non-hydrogen) atoms. The van der Waals surface area contributed by atoms with Crippen LogP contribution in [0.4, 0.5) is 5.13 Å². The molecule has 0 saturated carbocycles. The molecule has 2 heterocycles. The lowest BCUT2D eigenvalue weighted by Gasteiger charge is -2.30. The number of aliphatic hydroxyl groups excluding tert-OH is 1. The van der Waals surface area contributed by atoms with Crippen LogP contribution >= 0.6 is 11.3 Å². The third-order valence-corrected chi connectivity index (χ3v) is 3.56. The molecule has 1 aliphatic heterocycles. The first-order valence-electron chi connectivity index (χ1n) is 4.95. The van der Waals surface area contributed by atoms with Gasteiger partial charge in [0, 0.05) is 19.7 Å². The van der Waals surface area contributed by atoms with Gasteiger partial charge in [0.15, 0.2) is 0 Å². The molecule has 1 aromatic rings. The summed E-state index contributed by atoms with van der Waals surface area (Å²) in [6.45, 7) is 4.30. The number of nitrogens with zero attached hydrogens (tertiary/aromatic N) is 3. The Balaban J connectivity index is 1.95. The van der Waals surface area contributed by atoms with E-state index in [-0.39, 0.29) is 0 Å². The van der Waals surface area contributed by atoms with Crippen molar-refractivity contribution in [1.82, 2.24) is 10.2 Å². The largest absolute Gasteiger partial charge is 0.396 e. The average Bonchev–Trinajstić information content (AvgIpc) is 2.65. The molecule has 1 saturated heterocycles. The Labute approximate surface area is 87.6 Å². The number of rotatable bonds is 2. The molecule has 0 spiro atoms. The predicted octanol–water partition coefficient (Wildman–Crippen LogP) is 1.06. The van der Waals surface area contributed by atoms with Crippen LogP contribution in [0.2, 0.25) is 0 Å². The zero-order chi connectivity index (χ0) is 9.97. The Morgan fingerprint density at radius 3 is 2.64 bits per heavy atom. The number of aromatic nitrogens is 2. The number of hydrogen-bond acceptors (Lipinski definition) is 5. The van der Waals surface area contributed by atoms with Crippen molar-refractivity contribution in [3.8, 4) is 0 Å². The Bertz CT molecular complexity index is 294. The predicted molar refractivity (Wildman–Crippen MR) is 56.7 cm³/mol. The van der Waals surface area contributed by atoms with Crippen LogP contribution in [0.3, 0.4) is 0 Å². The molecule has 0 aromatic carbocycles. The van der Waals surface area contributed by atoms with E-state index in [0.717, 1.165) is 36.1 Å². The van der Waals surface area contributed by atoms with E-state index >= 15 is 0 Å². The van der Waals surface area contributed by atoms with E-state index in [2.05, 4.69) is 15.1 Å². The van der Waals surface area contributed by atoms with Crippen molar-refractivity contribution in [2.24, 2.45) is 5.92 Å². The van der Waals surface area contributed by atoms with Crippen LogP contribution in [-0.2, 0) is 0 Å². The Morgan fingerprint density at radius 2 is 2.14 bits per heavy atom. The summed E-state index contributed by atoms with van der Waals surface area (Å²) in [5, 5.41) is 19.2. The van der Waals surface area contributed by atoms with Gasteiger partial charge in [-0.05, 0) is 25.7 Å². The fourth-order valence-corrected chi connectivity index (χ4v) is 2.46. The maximum Gasteiger partial charge on any atom is 0.208 e. The molecule has 1 fully saturated rings. The molecule has 0 amide bonds. The van der Waals surface area contributed by atoms with Crippen molar-refractivity contribution in [3.05, 3.63) is 5.01 Å². The third kappa shape index (κ3) is 2.04. The summed E-state index contributed by atoms with van der Waals surface area (Å²) < 4.78 is 0. The maximum absolute atomic E-state index is 9.01. The maximum atomic E-state index is 9.01. The summed E-state index contributed by atoms with van der Waals surface area (Å²) in [5.74, 6) is 0.486. The molecular formula is C9H15N3OS. The summed E-state index contributed by atoms with van der Waals surface area (Å²) in [7, 11) is 0. The number of anilines is 1. The van der Waals surface area contributed by atoms with Crippen molar-refractivity contribution in [1.29, 1.82) is 0 Å². The molecular weight excluding hydrogens is 198 g/mol. The van der Waals surface area contributed by atoms with Crippen LogP contribution in [0, 0.1) is 12.8 Å². The van der Waals surface area contributed by atoms with Gasteiger partial charge in [-0.3, -0.25) is 0 Å². The summed E-state index contributed by atoms with van der Waals surface area (Å²) in [6.07, 6.45) is 2.13. The number of aliphatic hydroxyl groups is 1. The van der Waals surface area contributed by atoms with Crippen molar-refractivity contribution in [2.45, 2.75) is 19.8 Å². The first kappa shape index (κ1) is 9.86. The Kier molecular flexibility index (Phi) is 2.98. The zero-order valence-corrected chi connectivity index (χ0v) is 9.13. The topological polar surface area (TPSA) is 49.2 Å². The monoisotopic (exact) mass is 213 g/mol. The Hall–Kier alpha value is -0.680. The quantitative estimate of drug-likeness (QED) is 0.798. The van der Waals surface area contributed by atoms with E-state index in [4.69, 9.17) is 5.11 Å². The second kappa shape index (κ2) is 4.23. The molecule has 78 valence electrons. The van der Waals surface area contributed by atoms with Crippen molar-refractivity contribution in [2.75, 3.05) is 24.6 Å². The fourth-order valence-electron chi connectivity index (χ4n) is 1.72. The second-order valence-corrected chi connectivity index (χ2v) is 4.88. The standard InChI is InChI=1S/C9H15N3OS/c1-7-10-11-9(14-7)12-4-2-8(6-13)3-5-12/h8,13H,2-6H2,1H3. The van der Waals surface area contributed by atoms with Gasteiger partial charge in [0.05, 0.1) is 0 Å². The van der Waals surface area contributed by atoms with Crippen LogP contribution in [0.5, 0.6) is 0 Å². The van der Waals surface area contributed by atoms with Gasteiger partial charge in [-0.1, -0.05) is 11.3 Å². The lowest BCUT2D eigenvalue weighted by atomic mass is 9.98. The summed E-state index contributed by atoms with van der Waals surface area (Å²) in [5.41, 5.74) is 0. The number of aryl methyl sites for hydroxylation is 1. The van der Waals surface area contributed by atoms with Gasteiger partial charge in [0.2, 0.25) is 5.13 Å². The number of piperidine rings is 1. The molecule has 1 aliphatic rings. The molecule has 5 heteroatoms. The molecule has 0 aliphatic carbocycles. The second-order valence-electron chi connectivity index (χ2n) is 3.72. The number of hydrogen-bond donors (Lipinski definition) is 1. The van der Waals surface area contributed by atoms with E-state index in [0.29, 0.717) is 12.5 Å². The first-order valence-corrected chi connectivity index (χ1v) is 5.77. The highest BCUT2D eigenvalue weighted by Crippen LogP contribution is 2.25. The van der Waals surface area contributed by atoms with Crippen molar-refractivity contribution in [3.63, 3.8) is 0 Å². The summed E-state index contributed by atoms with van der Waals surface area (Å²) in [4.78, 5) is 2.26. The van der Waals surface area contributed by atoms with Crippen molar-refractivity contribution < 1.29 is 5.11 Å². The smallest absolute Gasteiger partial charge is 0.208 e. The summed E-state index contributed by atoms with van der Waals surface area (Å²) >= 11 is 1.64. The zero-order valence-electron chi connectivity index (χ0n) is 8.31. The van der Waals surface area contributed by atoms with E-state index in [9.17, 15) is 0 Å². The molecule has 1 aromatic heterocycles. The highest BCUT2D eigenvalue weighted by molar-refractivity contribution is 7.15. The highest BCUT2D eigenvalue weighted by Gasteiger charge is 2.20. The van der Waals surface area contributed by atoms with Gasteiger partial charge in [0.25, 0.3) is 0 Å². The van der Waals surface area contributed by atoms with E-state index in [1.54, 1.807) is 11.3 Å². The Morgan fingerprint density at radius 1 is 1.43 bits per heavy atom. The van der Waals surface area contributed by atoms with Crippen LogP contribution in [0.25, 0.3) is 0 Å².